The predicted molar refractivity (Wildman–Crippen MR) is 104 cm³/mol. The highest BCUT2D eigenvalue weighted by Gasteiger charge is 2.30. The molecule has 0 radical (unpaired) electrons. The summed E-state index contributed by atoms with van der Waals surface area (Å²) >= 11 is 0. The molecule has 0 spiro atoms. The van der Waals surface area contributed by atoms with E-state index in [-0.39, 0.29) is 17.9 Å². The first-order valence-corrected chi connectivity index (χ1v) is 10.8. The van der Waals surface area contributed by atoms with Crippen molar-refractivity contribution in [3.8, 4) is 0 Å². The highest BCUT2D eigenvalue weighted by molar-refractivity contribution is 5.90. The lowest BCUT2D eigenvalue weighted by atomic mass is 10.1. The van der Waals surface area contributed by atoms with Crippen LogP contribution in [0.25, 0.3) is 0 Å². The van der Waals surface area contributed by atoms with E-state index < -0.39 is 0 Å². The van der Waals surface area contributed by atoms with Crippen LogP contribution >= 0.6 is 0 Å². The first-order chi connectivity index (χ1) is 12.2. The maximum atomic E-state index is 12.7. The highest BCUT2D eigenvalue weighted by atomic mass is 16.2. The Bertz CT molecular complexity index is 355. The van der Waals surface area contributed by atoms with E-state index in [0.717, 1.165) is 25.9 Å². The summed E-state index contributed by atoms with van der Waals surface area (Å²) in [7, 11) is 0. The number of nitrogens with one attached hydrogen (secondary N) is 1. The summed E-state index contributed by atoms with van der Waals surface area (Å²) in [6.07, 6.45) is 16.1. The quantitative estimate of drug-likeness (QED) is 0.430. The Kier molecular flexibility index (Phi) is 12.4. The SMILES string of the molecule is CCCCCCCCN(CCCCCCCC)C(=O)[C@@H]1CCC(=O)N1. The maximum Gasteiger partial charge on any atom is 0.245 e. The average molecular weight is 353 g/mol. The van der Waals surface area contributed by atoms with Crippen LogP contribution in [0.1, 0.15) is 104 Å². The summed E-state index contributed by atoms with van der Waals surface area (Å²) in [5.74, 6) is 0.172. The molecule has 0 unspecified atom stereocenters. The van der Waals surface area contributed by atoms with Crippen LogP contribution in [0, 0.1) is 0 Å². The molecule has 1 fully saturated rings. The standard InChI is InChI=1S/C21H40N2O2/c1-3-5-7-9-11-13-17-23(18-14-12-10-8-6-4-2)21(25)19-15-16-20(24)22-19/h19H,3-18H2,1-2H3,(H,22,24)/t19-/m0/s1. The van der Waals surface area contributed by atoms with Gasteiger partial charge in [0.05, 0.1) is 0 Å². The first-order valence-electron chi connectivity index (χ1n) is 10.8. The highest BCUT2D eigenvalue weighted by Crippen LogP contribution is 2.14. The van der Waals surface area contributed by atoms with Gasteiger partial charge in [-0.15, -0.1) is 0 Å². The zero-order valence-corrected chi connectivity index (χ0v) is 16.7. The van der Waals surface area contributed by atoms with Crippen LogP contribution in [0.4, 0.5) is 0 Å². The molecular formula is C21H40N2O2. The fraction of sp³-hybridized carbons (Fsp3) is 0.905. The Morgan fingerprint density at radius 1 is 0.880 bits per heavy atom. The van der Waals surface area contributed by atoms with E-state index in [1.54, 1.807) is 0 Å². The molecule has 0 aliphatic carbocycles. The molecule has 1 N–H and O–H groups in total. The van der Waals surface area contributed by atoms with Crippen molar-refractivity contribution in [1.82, 2.24) is 10.2 Å². The fourth-order valence-corrected chi connectivity index (χ4v) is 3.52. The van der Waals surface area contributed by atoms with Gasteiger partial charge >= 0.3 is 0 Å². The molecule has 1 heterocycles. The van der Waals surface area contributed by atoms with Gasteiger partial charge in [-0.2, -0.15) is 0 Å². The lowest BCUT2D eigenvalue weighted by Crippen LogP contribution is -2.45. The average Bonchev–Trinajstić information content (AvgIpc) is 3.05. The van der Waals surface area contributed by atoms with Crippen LogP contribution in [-0.2, 0) is 9.59 Å². The number of hydrogen-bond acceptors (Lipinski definition) is 2. The molecule has 1 atom stereocenters. The van der Waals surface area contributed by atoms with Gasteiger partial charge in [-0.3, -0.25) is 9.59 Å². The third-order valence-electron chi connectivity index (χ3n) is 5.17. The monoisotopic (exact) mass is 352 g/mol. The summed E-state index contributed by atoms with van der Waals surface area (Å²) < 4.78 is 0. The largest absolute Gasteiger partial charge is 0.344 e. The summed E-state index contributed by atoms with van der Waals surface area (Å²) in [5, 5.41) is 2.84. The normalized spacial score (nSPS) is 16.9. The second kappa shape index (κ2) is 14.1. The van der Waals surface area contributed by atoms with E-state index >= 15 is 0 Å². The smallest absolute Gasteiger partial charge is 0.245 e. The molecule has 4 heteroatoms. The first kappa shape index (κ1) is 22.0. The molecule has 146 valence electrons. The van der Waals surface area contributed by atoms with Crippen LogP contribution < -0.4 is 5.32 Å². The van der Waals surface area contributed by atoms with Crippen LogP contribution in [-0.4, -0.2) is 35.8 Å². The van der Waals surface area contributed by atoms with Crippen LogP contribution in [0.5, 0.6) is 0 Å². The molecular weight excluding hydrogens is 312 g/mol. The molecule has 0 aromatic carbocycles. The van der Waals surface area contributed by atoms with Gasteiger partial charge in [0.1, 0.15) is 6.04 Å². The Hall–Kier alpha value is -1.06. The molecule has 0 bridgehead atoms. The summed E-state index contributed by atoms with van der Waals surface area (Å²) in [5.41, 5.74) is 0. The van der Waals surface area contributed by atoms with E-state index in [1.165, 1.54) is 64.2 Å². The van der Waals surface area contributed by atoms with Gasteiger partial charge in [-0.25, -0.2) is 0 Å². The number of rotatable bonds is 15. The second-order valence-electron chi connectivity index (χ2n) is 7.52. The molecule has 1 aliphatic heterocycles. The van der Waals surface area contributed by atoms with Gasteiger partial charge in [0.2, 0.25) is 11.8 Å². The van der Waals surface area contributed by atoms with Gasteiger partial charge in [0.15, 0.2) is 0 Å². The third-order valence-corrected chi connectivity index (χ3v) is 5.17. The fourth-order valence-electron chi connectivity index (χ4n) is 3.52. The maximum absolute atomic E-state index is 12.7. The minimum Gasteiger partial charge on any atom is -0.344 e. The molecule has 0 saturated carbocycles. The van der Waals surface area contributed by atoms with Crippen molar-refractivity contribution < 1.29 is 9.59 Å². The zero-order chi connectivity index (χ0) is 18.3. The van der Waals surface area contributed by atoms with Crippen molar-refractivity contribution in [2.24, 2.45) is 0 Å². The van der Waals surface area contributed by atoms with Crippen molar-refractivity contribution in [2.75, 3.05) is 13.1 Å². The molecule has 4 nitrogen and oxygen atoms in total. The molecule has 1 rings (SSSR count). The van der Waals surface area contributed by atoms with Gasteiger partial charge in [-0.1, -0.05) is 78.1 Å². The molecule has 25 heavy (non-hydrogen) atoms. The molecule has 1 saturated heterocycles. The van der Waals surface area contributed by atoms with E-state index in [9.17, 15) is 9.59 Å². The Balaban J connectivity index is 2.32. The number of unbranched alkanes of at least 4 members (excludes halogenated alkanes) is 10. The van der Waals surface area contributed by atoms with Crippen molar-refractivity contribution in [1.29, 1.82) is 0 Å². The Morgan fingerprint density at radius 3 is 1.80 bits per heavy atom. The number of amides is 2. The predicted octanol–water partition coefficient (Wildman–Crippen LogP) is 4.81. The van der Waals surface area contributed by atoms with Gasteiger partial charge < -0.3 is 10.2 Å². The molecule has 2 amide bonds. The molecule has 1 aliphatic rings. The van der Waals surface area contributed by atoms with Crippen molar-refractivity contribution >= 4 is 11.8 Å². The number of carbonyl (C=O) groups is 2. The zero-order valence-electron chi connectivity index (χ0n) is 16.7. The minimum absolute atomic E-state index is 0.0254. The lowest BCUT2D eigenvalue weighted by molar-refractivity contribution is -0.134. The van der Waals surface area contributed by atoms with E-state index in [4.69, 9.17) is 0 Å². The number of carbonyl (C=O) groups excluding carboxylic acids is 2. The topological polar surface area (TPSA) is 49.4 Å². The van der Waals surface area contributed by atoms with Gasteiger partial charge in [0, 0.05) is 19.5 Å². The Morgan fingerprint density at radius 2 is 1.36 bits per heavy atom. The van der Waals surface area contributed by atoms with Crippen LogP contribution in [0.2, 0.25) is 0 Å². The van der Waals surface area contributed by atoms with Gasteiger partial charge in [0.25, 0.3) is 0 Å². The van der Waals surface area contributed by atoms with Crippen LogP contribution in [0.15, 0.2) is 0 Å². The van der Waals surface area contributed by atoms with Crippen molar-refractivity contribution in [3.05, 3.63) is 0 Å². The third kappa shape index (κ3) is 9.86. The van der Waals surface area contributed by atoms with E-state index in [2.05, 4.69) is 19.2 Å². The van der Waals surface area contributed by atoms with E-state index in [1.807, 2.05) is 4.90 Å². The molecule has 0 aromatic heterocycles. The summed E-state index contributed by atoms with van der Waals surface area (Å²) in [4.78, 5) is 26.2. The molecule has 0 aromatic rings. The van der Waals surface area contributed by atoms with Gasteiger partial charge in [-0.05, 0) is 19.3 Å². The van der Waals surface area contributed by atoms with Crippen LogP contribution in [0.3, 0.4) is 0 Å². The van der Waals surface area contributed by atoms with Crippen molar-refractivity contribution in [3.63, 3.8) is 0 Å². The van der Waals surface area contributed by atoms with E-state index in [0.29, 0.717) is 12.8 Å². The number of hydrogen-bond donors (Lipinski definition) is 1. The Labute approximate surface area is 155 Å². The second-order valence-corrected chi connectivity index (χ2v) is 7.52. The summed E-state index contributed by atoms with van der Waals surface area (Å²) in [6, 6.07) is -0.271. The number of nitrogens with zero attached hydrogens (tertiary/aromatic N) is 1. The summed E-state index contributed by atoms with van der Waals surface area (Å²) in [6.45, 7) is 6.17. The van der Waals surface area contributed by atoms with Crippen molar-refractivity contribution in [2.45, 2.75) is 110 Å². The minimum atomic E-state index is -0.271. The lowest BCUT2D eigenvalue weighted by Gasteiger charge is -2.26.